The van der Waals surface area contributed by atoms with Crippen LogP contribution in [0.1, 0.15) is 41.3 Å². The largest absolute Gasteiger partial charge is 0.337 e. The Labute approximate surface area is 200 Å². The molecular weight excluding hydrogens is 450 g/mol. The second-order valence-corrected chi connectivity index (χ2v) is 9.52. The van der Waals surface area contributed by atoms with Crippen molar-refractivity contribution in [2.24, 2.45) is 0 Å². The van der Waals surface area contributed by atoms with Crippen LogP contribution in [0.2, 0.25) is 0 Å². The van der Waals surface area contributed by atoms with Crippen LogP contribution >= 0.6 is 0 Å². The number of benzene rings is 3. The quantitative estimate of drug-likeness (QED) is 0.372. The third kappa shape index (κ3) is 7.18. The number of aryl methyl sites for hydroxylation is 2. The zero-order valence-corrected chi connectivity index (χ0v) is 19.9. The van der Waals surface area contributed by atoms with Gasteiger partial charge in [-0.25, -0.2) is 17.9 Å². The van der Waals surface area contributed by atoms with Gasteiger partial charge >= 0.3 is 6.03 Å². The van der Waals surface area contributed by atoms with E-state index in [0.717, 1.165) is 31.2 Å². The van der Waals surface area contributed by atoms with Crippen molar-refractivity contribution in [1.29, 1.82) is 0 Å². The second kappa shape index (κ2) is 12.0. The summed E-state index contributed by atoms with van der Waals surface area (Å²) in [5.41, 5.74) is 3.15. The number of hydrogen-bond donors (Lipinski definition) is 3. The smallest absolute Gasteiger partial charge is 0.328 e. The molecule has 0 heterocycles. The molecule has 0 fully saturated rings. The number of hydrogen-bond acceptors (Lipinski definition) is 4. The maximum Gasteiger partial charge on any atom is 0.328 e. The first kappa shape index (κ1) is 25.0. The monoisotopic (exact) mass is 479 g/mol. The van der Waals surface area contributed by atoms with Gasteiger partial charge in [-0.3, -0.25) is 4.79 Å². The van der Waals surface area contributed by atoms with Gasteiger partial charge in [0.15, 0.2) is 0 Å². The number of rotatable bonds is 10. The summed E-state index contributed by atoms with van der Waals surface area (Å²) in [6.45, 7) is 2.37. The minimum atomic E-state index is -4.01. The molecule has 0 atom stereocenters. The molecule has 0 unspecified atom stereocenters. The van der Waals surface area contributed by atoms with Gasteiger partial charge in [-0.05, 0) is 60.7 Å². The highest BCUT2D eigenvalue weighted by Gasteiger charge is 2.18. The molecule has 0 aliphatic heterocycles. The lowest BCUT2D eigenvalue weighted by Gasteiger charge is -2.12. The molecule has 3 aromatic carbocycles. The van der Waals surface area contributed by atoms with Gasteiger partial charge in [-0.15, -0.1) is 0 Å². The van der Waals surface area contributed by atoms with Crippen molar-refractivity contribution in [3.05, 3.63) is 95.6 Å². The number of sulfonamides is 1. The maximum absolute atomic E-state index is 12.9. The van der Waals surface area contributed by atoms with E-state index in [1.54, 1.807) is 6.07 Å². The van der Waals surface area contributed by atoms with Crippen molar-refractivity contribution in [2.45, 2.75) is 37.5 Å². The molecule has 0 saturated carbocycles. The first-order valence-electron chi connectivity index (χ1n) is 11.2. The number of anilines is 1. The number of urea groups is 1. The molecule has 3 amide bonds. The predicted octanol–water partition coefficient (Wildman–Crippen LogP) is 4.51. The Balaban J connectivity index is 1.63. The molecule has 0 radical (unpaired) electrons. The second-order valence-electron chi connectivity index (χ2n) is 7.84. The number of nitrogens with one attached hydrogen (secondary N) is 3. The van der Waals surface area contributed by atoms with Crippen LogP contribution in [0.25, 0.3) is 0 Å². The molecular formula is C26H29N3O4S. The number of unbranched alkanes of at least 4 members (excludes halogenated alkanes) is 1. The molecule has 0 spiro atoms. The third-order valence-electron chi connectivity index (χ3n) is 5.25. The predicted molar refractivity (Wildman–Crippen MR) is 133 cm³/mol. The van der Waals surface area contributed by atoms with Gasteiger partial charge < -0.3 is 10.6 Å². The van der Waals surface area contributed by atoms with Gasteiger partial charge in [0.2, 0.25) is 0 Å². The van der Waals surface area contributed by atoms with E-state index in [1.165, 1.54) is 29.8 Å². The lowest BCUT2D eigenvalue weighted by molar-refractivity contribution is 0.102. The zero-order chi connectivity index (χ0) is 24.4. The van der Waals surface area contributed by atoms with Gasteiger partial charge in [0.1, 0.15) is 0 Å². The number of carbonyl (C=O) groups is 2. The standard InChI is InChI=1S/C26H29N3O4S/c1-2-3-19-27-26(31)29-34(32,33)23-17-15-22(16-18-23)28-25(30)24-12-8-7-11-21(24)14-13-20-9-5-4-6-10-20/h4-12,15-18H,2-3,13-14,19H2,1H3,(H,28,30)(H2,27,29,31). The van der Waals surface area contributed by atoms with Gasteiger partial charge in [0, 0.05) is 17.8 Å². The highest BCUT2D eigenvalue weighted by Crippen LogP contribution is 2.18. The van der Waals surface area contributed by atoms with Crippen molar-refractivity contribution in [1.82, 2.24) is 10.0 Å². The summed E-state index contributed by atoms with van der Waals surface area (Å²) in [6, 6.07) is 22.4. The van der Waals surface area contributed by atoms with Crippen molar-refractivity contribution >= 4 is 27.6 Å². The third-order valence-corrected chi connectivity index (χ3v) is 6.60. The highest BCUT2D eigenvalue weighted by atomic mass is 32.2. The Morgan fingerprint density at radius 1 is 0.824 bits per heavy atom. The van der Waals surface area contributed by atoms with E-state index in [-0.39, 0.29) is 10.8 Å². The molecule has 0 aromatic heterocycles. The Bertz CT molecular complexity index is 1210. The summed E-state index contributed by atoms with van der Waals surface area (Å²) >= 11 is 0. The van der Waals surface area contributed by atoms with Gasteiger partial charge in [-0.1, -0.05) is 61.9 Å². The van der Waals surface area contributed by atoms with Gasteiger partial charge in [-0.2, -0.15) is 0 Å². The van der Waals surface area contributed by atoms with Crippen LogP contribution in [0, 0.1) is 0 Å². The van der Waals surface area contributed by atoms with Crippen LogP contribution < -0.4 is 15.4 Å². The first-order valence-corrected chi connectivity index (χ1v) is 12.7. The molecule has 0 aliphatic rings. The molecule has 3 N–H and O–H groups in total. The van der Waals surface area contributed by atoms with E-state index in [4.69, 9.17) is 0 Å². The van der Waals surface area contributed by atoms with E-state index in [0.29, 0.717) is 17.8 Å². The fraction of sp³-hybridized carbons (Fsp3) is 0.231. The van der Waals surface area contributed by atoms with E-state index in [2.05, 4.69) is 22.8 Å². The van der Waals surface area contributed by atoms with Gasteiger partial charge in [0.25, 0.3) is 15.9 Å². The summed E-state index contributed by atoms with van der Waals surface area (Å²) in [4.78, 5) is 24.6. The fourth-order valence-corrected chi connectivity index (χ4v) is 4.32. The van der Waals surface area contributed by atoms with Crippen molar-refractivity contribution < 1.29 is 18.0 Å². The first-order chi connectivity index (χ1) is 16.4. The zero-order valence-electron chi connectivity index (χ0n) is 19.1. The number of carbonyl (C=O) groups excluding carboxylic acids is 2. The van der Waals surface area contributed by atoms with Gasteiger partial charge in [0.05, 0.1) is 4.90 Å². The minimum Gasteiger partial charge on any atom is -0.337 e. The minimum absolute atomic E-state index is 0.0700. The lowest BCUT2D eigenvalue weighted by Crippen LogP contribution is -2.39. The summed E-state index contributed by atoms with van der Waals surface area (Å²) in [7, 11) is -4.01. The van der Waals surface area contributed by atoms with Crippen LogP contribution in [-0.2, 0) is 22.9 Å². The van der Waals surface area contributed by atoms with Crippen molar-refractivity contribution in [3.8, 4) is 0 Å². The maximum atomic E-state index is 12.9. The normalized spacial score (nSPS) is 11.0. The molecule has 178 valence electrons. The SMILES string of the molecule is CCCCNC(=O)NS(=O)(=O)c1ccc(NC(=O)c2ccccc2CCc2ccccc2)cc1. The van der Waals surface area contributed by atoms with E-state index >= 15 is 0 Å². The van der Waals surface area contributed by atoms with Crippen LogP contribution in [0.5, 0.6) is 0 Å². The Kier molecular flexibility index (Phi) is 8.81. The summed E-state index contributed by atoms with van der Waals surface area (Å²) in [5.74, 6) is -0.271. The molecule has 0 aliphatic carbocycles. The summed E-state index contributed by atoms with van der Waals surface area (Å²) < 4.78 is 26.8. The van der Waals surface area contributed by atoms with Crippen molar-refractivity contribution in [3.63, 3.8) is 0 Å². The summed E-state index contributed by atoms with van der Waals surface area (Å²) in [6.07, 6.45) is 3.18. The molecule has 34 heavy (non-hydrogen) atoms. The van der Waals surface area contributed by atoms with Crippen LogP contribution in [0.4, 0.5) is 10.5 Å². The lowest BCUT2D eigenvalue weighted by atomic mass is 9.99. The molecule has 0 saturated heterocycles. The highest BCUT2D eigenvalue weighted by molar-refractivity contribution is 7.90. The van der Waals surface area contributed by atoms with E-state index in [9.17, 15) is 18.0 Å². The Morgan fingerprint density at radius 2 is 1.50 bits per heavy atom. The molecule has 7 nitrogen and oxygen atoms in total. The van der Waals surface area contributed by atoms with E-state index in [1.807, 2.05) is 48.0 Å². The summed E-state index contributed by atoms with van der Waals surface area (Å²) in [5, 5.41) is 5.32. The molecule has 3 rings (SSSR count). The molecule has 8 heteroatoms. The average Bonchev–Trinajstić information content (AvgIpc) is 2.84. The van der Waals surface area contributed by atoms with Crippen LogP contribution in [0.15, 0.2) is 83.8 Å². The van der Waals surface area contributed by atoms with Crippen LogP contribution in [-0.4, -0.2) is 26.9 Å². The van der Waals surface area contributed by atoms with Crippen LogP contribution in [0.3, 0.4) is 0 Å². The van der Waals surface area contributed by atoms with Crippen molar-refractivity contribution in [2.75, 3.05) is 11.9 Å². The topological polar surface area (TPSA) is 104 Å². The number of amides is 3. The Hall–Kier alpha value is -3.65. The average molecular weight is 480 g/mol. The fourth-order valence-electron chi connectivity index (χ4n) is 3.40. The van der Waals surface area contributed by atoms with E-state index < -0.39 is 16.1 Å². The Morgan fingerprint density at radius 3 is 2.21 bits per heavy atom. The molecule has 3 aromatic rings. The molecule has 0 bridgehead atoms.